The lowest BCUT2D eigenvalue weighted by atomic mass is 10.1. The maximum Gasteiger partial charge on any atom is 0.232 e. The van der Waals surface area contributed by atoms with E-state index < -0.39 is 12.1 Å². The van der Waals surface area contributed by atoms with E-state index in [1.807, 2.05) is 21.7 Å². The normalized spacial score (nSPS) is 27.0. The van der Waals surface area contributed by atoms with Gasteiger partial charge in [0.1, 0.15) is 6.17 Å². The van der Waals surface area contributed by atoms with Crippen molar-refractivity contribution < 1.29 is 13.9 Å². The van der Waals surface area contributed by atoms with Crippen LogP contribution in [0.3, 0.4) is 0 Å². The third-order valence-corrected chi connectivity index (χ3v) is 6.71. The maximum atomic E-state index is 13.5. The molecule has 8 nitrogen and oxygen atoms in total. The molecule has 5 heterocycles. The van der Waals surface area contributed by atoms with Gasteiger partial charge in [-0.1, -0.05) is 0 Å². The number of anilines is 1. The fraction of sp³-hybridized carbons (Fsp3) is 0.455. The molecule has 0 spiro atoms. The van der Waals surface area contributed by atoms with E-state index >= 15 is 0 Å². The summed E-state index contributed by atoms with van der Waals surface area (Å²) in [4.78, 5) is 25.7. The van der Waals surface area contributed by atoms with Crippen LogP contribution in [0.1, 0.15) is 19.3 Å². The maximum absolute atomic E-state index is 13.5. The number of rotatable bonds is 4. The molecule has 2 unspecified atom stereocenters. The fourth-order valence-corrected chi connectivity index (χ4v) is 5.06. The minimum absolute atomic E-state index is 0.0149. The lowest BCUT2D eigenvalue weighted by molar-refractivity contribution is -0.136. The summed E-state index contributed by atoms with van der Waals surface area (Å²) in [5, 5.41) is 4.47. The van der Waals surface area contributed by atoms with E-state index in [1.54, 1.807) is 25.7 Å². The molecule has 160 valence electrons. The molecule has 3 fully saturated rings. The largest absolute Gasteiger partial charge is 0.480 e. The highest BCUT2D eigenvalue weighted by Crippen LogP contribution is 2.41. The van der Waals surface area contributed by atoms with Crippen molar-refractivity contribution in [3.05, 3.63) is 36.9 Å². The van der Waals surface area contributed by atoms with Crippen molar-refractivity contribution in [2.45, 2.75) is 37.5 Å². The minimum atomic E-state index is -0.941. The SMILES string of the molecule is COc1cncc(-c2cc3c(N4CC5CCC(C4)N5C(=O)[C@@H]4C[C@H]4F)ccnn3c2)n1. The summed E-state index contributed by atoms with van der Waals surface area (Å²) in [5.41, 5.74) is 3.69. The van der Waals surface area contributed by atoms with E-state index in [9.17, 15) is 9.18 Å². The number of carbonyl (C=O) groups excluding carboxylic acids is 1. The zero-order chi connectivity index (χ0) is 21.1. The van der Waals surface area contributed by atoms with E-state index in [1.165, 1.54) is 0 Å². The van der Waals surface area contributed by atoms with Gasteiger partial charge in [-0.2, -0.15) is 5.10 Å². The van der Waals surface area contributed by atoms with Crippen LogP contribution < -0.4 is 9.64 Å². The molecule has 0 N–H and O–H groups in total. The smallest absolute Gasteiger partial charge is 0.232 e. The Bertz CT molecular complexity index is 1150. The van der Waals surface area contributed by atoms with Crippen LogP contribution in [0, 0.1) is 5.92 Å². The number of amides is 1. The number of ether oxygens (including phenoxy) is 1. The number of piperazine rings is 1. The van der Waals surface area contributed by atoms with Gasteiger partial charge >= 0.3 is 0 Å². The van der Waals surface area contributed by atoms with Gasteiger partial charge in [-0.05, 0) is 31.4 Å². The molecular weight excluding hydrogens is 399 g/mol. The molecule has 31 heavy (non-hydrogen) atoms. The van der Waals surface area contributed by atoms with Crippen molar-refractivity contribution in [3.63, 3.8) is 0 Å². The number of hydrogen-bond donors (Lipinski definition) is 0. The molecule has 0 aromatic carbocycles. The second-order valence-corrected chi connectivity index (χ2v) is 8.62. The predicted octanol–water partition coefficient (Wildman–Crippen LogP) is 2.34. The molecule has 1 saturated carbocycles. The molecule has 2 saturated heterocycles. The van der Waals surface area contributed by atoms with E-state index in [0.29, 0.717) is 12.3 Å². The molecule has 1 amide bonds. The summed E-state index contributed by atoms with van der Waals surface area (Å²) in [5.74, 6) is 0.0741. The average Bonchev–Trinajstić information content (AvgIpc) is 3.25. The van der Waals surface area contributed by atoms with Crippen LogP contribution in [0.2, 0.25) is 0 Å². The van der Waals surface area contributed by atoms with Crippen LogP contribution in [0.25, 0.3) is 16.8 Å². The van der Waals surface area contributed by atoms with Crippen LogP contribution in [-0.4, -0.2) is 68.8 Å². The Morgan fingerprint density at radius 1 is 1.23 bits per heavy atom. The fourth-order valence-electron chi connectivity index (χ4n) is 5.06. The first-order valence-electron chi connectivity index (χ1n) is 10.7. The highest BCUT2D eigenvalue weighted by Gasteiger charge is 2.51. The van der Waals surface area contributed by atoms with Crippen molar-refractivity contribution in [1.82, 2.24) is 24.5 Å². The van der Waals surface area contributed by atoms with Gasteiger partial charge in [-0.3, -0.25) is 9.78 Å². The van der Waals surface area contributed by atoms with Gasteiger partial charge in [0, 0.05) is 43.1 Å². The van der Waals surface area contributed by atoms with Crippen LogP contribution in [0.15, 0.2) is 36.9 Å². The van der Waals surface area contributed by atoms with Gasteiger partial charge < -0.3 is 14.5 Å². The molecule has 0 radical (unpaired) electrons. The predicted molar refractivity (Wildman–Crippen MR) is 112 cm³/mol. The number of alkyl halides is 1. The molecule has 6 rings (SSSR count). The third kappa shape index (κ3) is 3.02. The third-order valence-electron chi connectivity index (χ3n) is 6.71. The molecular formula is C22H23FN6O2. The first kappa shape index (κ1) is 18.5. The van der Waals surface area contributed by atoms with E-state index in [0.717, 1.165) is 48.4 Å². The van der Waals surface area contributed by atoms with Crippen LogP contribution in [0.5, 0.6) is 5.88 Å². The highest BCUT2D eigenvalue weighted by atomic mass is 19.1. The van der Waals surface area contributed by atoms with Crippen molar-refractivity contribution in [2.75, 3.05) is 25.1 Å². The van der Waals surface area contributed by atoms with Gasteiger partial charge in [0.15, 0.2) is 0 Å². The second-order valence-electron chi connectivity index (χ2n) is 8.62. The van der Waals surface area contributed by atoms with Gasteiger partial charge in [0.2, 0.25) is 11.8 Å². The zero-order valence-corrected chi connectivity index (χ0v) is 17.2. The molecule has 2 aliphatic heterocycles. The van der Waals surface area contributed by atoms with Crippen LogP contribution in [-0.2, 0) is 4.79 Å². The quantitative estimate of drug-likeness (QED) is 0.643. The number of hydrogen-bond acceptors (Lipinski definition) is 6. The van der Waals surface area contributed by atoms with E-state index in [2.05, 4.69) is 26.0 Å². The summed E-state index contributed by atoms with van der Waals surface area (Å²) < 4.78 is 20.5. The minimum Gasteiger partial charge on any atom is -0.480 e. The lowest BCUT2D eigenvalue weighted by Crippen LogP contribution is -2.56. The first-order chi connectivity index (χ1) is 15.1. The Hall–Kier alpha value is -3.23. The first-order valence-corrected chi connectivity index (χ1v) is 10.7. The van der Waals surface area contributed by atoms with Gasteiger partial charge in [0.25, 0.3) is 0 Å². The van der Waals surface area contributed by atoms with Crippen molar-refractivity contribution in [1.29, 1.82) is 0 Å². The molecule has 3 aromatic rings. The Morgan fingerprint density at radius 3 is 2.71 bits per heavy atom. The summed E-state index contributed by atoms with van der Waals surface area (Å²) in [6, 6.07) is 4.37. The van der Waals surface area contributed by atoms with Gasteiger partial charge in [-0.25, -0.2) is 13.9 Å². The summed E-state index contributed by atoms with van der Waals surface area (Å²) in [7, 11) is 1.57. The molecule has 4 atom stereocenters. The molecule has 2 bridgehead atoms. The Morgan fingerprint density at radius 2 is 2.00 bits per heavy atom. The lowest BCUT2D eigenvalue weighted by Gasteiger charge is -2.42. The Balaban J connectivity index is 1.30. The monoisotopic (exact) mass is 422 g/mol. The number of halogens is 1. The Labute approximate surface area is 178 Å². The van der Waals surface area contributed by atoms with Crippen molar-refractivity contribution in [3.8, 4) is 17.1 Å². The highest BCUT2D eigenvalue weighted by molar-refractivity contribution is 5.84. The number of carbonyl (C=O) groups is 1. The van der Waals surface area contributed by atoms with Crippen LogP contribution >= 0.6 is 0 Å². The number of methoxy groups -OCH3 is 1. The van der Waals surface area contributed by atoms with Gasteiger partial charge in [0.05, 0.1) is 42.3 Å². The summed E-state index contributed by atoms with van der Waals surface area (Å²) >= 11 is 0. The molecule has 9 heteroatoms. The molecule has 3 aliphatic rings. The summed E-state index contributed by atoms with van der Waals surface area (Å²) in [6.45, 7) is 1.51. The topological polar surface area (TPSA) is 75.9 Å². The zero-order valence-electron chi connectivity index (χ0n) is 17.2. The summed E-state index contributed by atoms with van der Waals surface area (Å²) in [6.07, 6.45) is 8.41. The average molecular weight is 422 g/mol. The Kier molecular flexibility index (Phi) is 4.12. The standard InChI is InChI=1S/C22H23FN6O2/c1-31-21-9-24-8-18(26-21)13-6-20-19(4-5-25-28(20)10-13)27-11-14-2-3-15(12-27)29(14)22(30)16-7-17(16)23/h4-6,8-10,14-17H,2-3,7,11-12H2,1H3/t14?,15?,16-,17-/m1/s1. The molecule has 1 aliphatic carbocycles. The number of fused-ring (bicyclic) bond motifs is 3. The van der Waals surface area contributed by atoms with Crippen LogP contribution in [0.4, 0.5) is 10.1 Å². The second kappa shape index (κ2) is 6.90. The van der Waals surface area contributed by atoms with E-state index in [-0.39, 0.29) is 18.0 Å². The van der Waals surface area contributed by atoms with Gasteiger partial charge in [-0.15, -0.1) is 0 Å². The number of nitrogens with zero attached hydrogens (tertiary/aromatic N) is 6. The van der Waals surface area contributed by atoms with Crippen molar-refractivity contribution >= 4 is 17.1 Å². The molecule has 3 aromatic heterocycles. The van der Waals surface area contributed by atoms with Crippen molar-refractivity contribution in [2.24, 2.45) is 5.92 Å². The van der Waals surface area contributed by atoms with E-state index in [4.69, 9.17) is 4.74 Å². The number of aromatic nitrogens is 4.